The predicted molar refractivity (Wildman–Crippen MR) is 113 cm³/mol. The van der Waals surface area contributed by atoms with Gasteiger partial charge in [0.1, 0.15) is 18.0 Å². The number of piperidine rings is 1. The van der Waals surface area contributed by atoms with Crippen LogP contribution in [0.2, 0.25) is 0 Å². The smallest absolute Gasteiger partial charge is 0.410 e. The molecule has 2 N–H and O–H groups in total. The first kappa shape index (κ1) is 23.1. The Morgan fingerprint density at radius 3 is 2.69 bits per heavy atom. The van der Waals surface area contributed by atoms with Crippen LogP contribution in [0.3, 0.4) is 0 Å². The lowest BCUT2D eigenvalue weighted by Gasteiger charge is -2.33. The molecule has 0 radical (unpaired) electrons. The van der Waals surface area contributed by atoms with Gasteiger partial charge in [0.15, 0.2) is 5.96 Å². The van der Waals surface area contributed by atoms with Gasteiger partial charge in [-0.15, -0.1) is 0 Å². The molecule has 0 bridgehead atoms. The number of hydrogen-bond donors (Lipinski definition) is 2. The summed E-state index contributed by atoms with van der Waals surface area (Å²) >= 11 is 0. The second-order valence-electron chi connectivity index (χ2n) is 8.28. The van der Waals surface area contributed by atoms with Crippen molar-refractivity contribution in [1.82, 2.24) is 15.5 Å². The standard InChI is InChI=1S/C21H36N4O4/c1-21(2,3)29-20(26)25-11-8-17(9-12-25)15-24-19(22-4)23-10-6-13-27-16-18-7-5-14-28-18/h5,7,14,17H,6,8-13,15-16H2,1-4H3,(H2,22,23,24). The minimum atomic E-state index is -0.447. The van der Waals surface area contributed by atoms with Gasteiger partial charge in [-0.25, -0.2) is 4.79 Å². The lowest BCUT2D eigenvalue weighted by Crippen LogP contribution is -2.45. The first-order chi connectivity index (χ1) is 13.9. The highest BCUT2D eigenvalue weighted by molar-refractivity contribution is 5.79. The molecule has 2 heterocycles. The summed E-state index contributed by atoms with van der Waals surface area (Å²) in [7, 11) is 1.77. The highest BCUT2D eigenvalue weighted by atomic mass is 16.6. The number of furan rings is 1. The van der Waals surface area contributed by atoms with Gasteiger partial charge >= 0.3 is 6.09 Å². The molecule has 1 aliphatic rings. The molecule has 0 atom stereocenters. The van der Waals surface area contributed by atoms with Gasteiger partial charge in [-0.3, -0.25) is 4.99 Å². The van der Waals surface area contributed by atoms with Crippen LogP contribution in [0.1, 0.15) is 45.8 Å². The van der Waals surface area contributed by atoms with E-state index in [1.807, 2.05) is 32.9 Å². The van der Waals surface area contributed by atoms with Crippen molar-refractivity contribution in [3.8, 4) is 0 Å². The maximum atomic E-state index is 12.1. The number of carbonyl (C=O) groups excluding carboxylic acids is 1. The molecule has 164 valence electrons. The van der Waals surface area contributed by atoms with Crippen LogP contribution in [0.5, 0.6) is 0 Å². The Morgan fingerprint density at radius 1 is 1.31 bits per heavy atom. The van der Waals surface area contributed by atoms with Crippen molar-refractivity contribution < 1.29 is 18.7 Å². The molecule has 8 nitrogen and oxygen atoms in total. The fourth-order valence-electron chi connectivity index (χ4n) is 3.06. The minimum Gasteiger partial charge on any atom is -0.467 e. The fourth-order valence-corrected chi connectivity index (χ4v) is 3.06. The SMILES string of the molecule is CN=C(NCCCOCc1ccco1)NCC1CCN(C(=O)OC(C)(C)C)CC1. The zero-order chi connectivity index (χ0) is 21.1. The molecule has 0 saturated carbocycles. The summed E-state index contributed by atoms with van der Waals surface area (Å²) in [5.41, 5.74) is -0.447. The number of rotatable bonds is 8. The quantitative estimate of drug-likeness (QED) is 0.391. The van der Waals surface area contributed by atoms with Gasteiger partial charge in [-0.1, -0.05) is 0 Å². The first-order valence-corrected chi connectivity index (χ1v) is 10.4. The largest absolute Gasteiger partial charge is 0.467 e. The molecule has 29 heavy (non-hydrogen) atoms. The number of aliphatic imine (C=N–C) groups is 1. The van der Waals surface area contributed by atoms with Gasteiger partial charge in [0, 0.05) is 39.8 Å². The number of hydrogen-bond acceptors (Lipinski definition) is 5. The number of likely N-dealkylation sites (tertiary alicyclic amines) is 1. The van der Waals surface area contributed by atoms with Crippen LogP contribution in [0, 0.1) is 5.92 Å². The number of ether oxygens (including phenoxy) is 2. The molecule has 1 saturated heterocycles. The van der Waals surface area contributed by atoms with Crippen molar-refractivity contribution in [2.24, 2.45) is 10.9 Å². The molecule has 0 aliphatic carbocycles. The summed E-state index contributed by atoms with van der Waals surface area (Å²) < 4.78 is 16.2. The summed E-state index contributed by atoms with van der Waals surface area (Å²) in [6, 6.07) is 3.76. The Bertz CT molecular complexity index is 617. The van der Waals surface area contributed by atoms with Crippen LogP contribution < -0.4 is 10.6 Å². The molecule has 1 aromatic rings. The first-order valence-electron chi connectivity index (χ1n) is 10.4. The molecule has 0 unspecified atom stereocenters. The highest BCUT2D eigenvalue weighted by Gasteiger charge is 2.26. The van der Waals surface area contributed by atoms with E-state index in [0.29, 0.717) is 19.1 Å². The minimum absolute atomic E-state index is 0.212. The Kier molecular flexibility index (Phi) is 9.31. The van der Waals surface area contributed by atoms with E-state index in [1.165, 1.54) is 0 Å². The zero-order valence-electron chi connectivity index (χ0n) is 18.2. The zero-order valence-corrected chi connectivity index (χ0v) is 18.2. The van der Waals surface area contributed by atoms with Gasteiger partial charge in [0.05, 0.1) is 6.26 Å². The van der Waals surface area contributed by atoms with Crippen molar-refractivity contribution in [1.29, 1.82) is 0 Å². The van der Waals surface area contributed by atoms with Crippen LogP contribution in [0.25, 0.3) is 0 Å². The summed E-state index contributed by atoms with van der Waals surface area (Å²) in [5, 5.41) is 6.69. The van der Waals surface area contributed by atoms with Gasteiger partial charge in [-0.2, -0.15) is 0 Å². The lowest BCUT2D eigenvalue weighted by molar-refractivity contribution is 0.0185. The van der Waals surface area contributed by atoms with Gasteiger partial charge in [0.2, 0.25) is 0 Å². The molecule has 0 spiro atoms. The molecule has 1 aliphatic heterocycles. The third-order valence-corrected chi connectivity index (χ3v) is 4.63. The highest BCUT2D eigenvalue weighted by Crippen LogP contribution is 2.19. The van der Waals surface area contributed by atoms with E-state index in [0.717, 1.165) is 57.2 Å². The summed E-state index contributed by atoms with van der Waals surface area (Å²) in [6.07, 6.45) is 4.25. The van der Waals surface area contributed by atoms with E-state index < -0.39 is 5.60 Å². The summed E-state index contributed by atoms with van der Waals surface area (Å²) in [4.78, 5) is 18.2. The van der Waals surface area contributed by atoms with E-state index in [2.05, 4.69) is 15.6 Å². The van der Waals surface area contributed by atoms with E-state index in [4.69, 9.17) is 13.9 Å². The maximum absolute atomic E-state index is 12.1. The second-order valence-corrected chi connectivity index (χ2v) is 8.28. The maximum Gasteiger partial charge on any atom is 0.410 e. The van der Waals surface area contributed by atoms with Gasteiger partial charge in [0.25, 0.3) is 0 Å². The third kappa shape index (κ3) is 9.21. The molecule has 8 heteroatoms. The van der Waals surface area contributed by atoms with E-state index in [-0.39, 0.29) is 6.09 Å². The number of nitrogens with zero attached hydrogens (tertiary/aromatic N) is 2. The average Bonchev–Trinajstić information content (AvgIpc) is 3.19. The molecule has 2 rings (SSSR count). The lowest BCUT2D eigenvalue weighted by atomic mass is 9.97. The van der Waals surface area contributed by atoms with Crippen LogP contribution in [-0.4, -0.2) is 62.4 Å². The van der Waals surface area contributed by atoms with Crippen LogP contribution in [0.4, 0.5) is 4.79 Å². The van der Waals surface area contributed by atoms with Gasteiger partial charge in [-0.05, 0) is 58.1 Å². The molecule has 1 aromatic heterocycles. The molecule has 1 amide bonds. The number of amides is 1. The number of guanidine groups is 1. The number of carbonyl (C=O) groups is 1. The number of nitrogens with one attached hydrogen (secondary N) is 2. The molecule has 1 fully saturated rings. The molecule has 0 aromatic carbocycles. The van der Waals surface area contributed by atoms with Crippen molar-refractivity contribution in [3.05, 3.63) is 24.2 Å². The van der Waals surface area contributed by atoms with Crippen LogP contribution in [0.15, 0.2) is 27.8 Å². The topological polar surface area (TPSA) is 88.3 Å². The monoisotopic (exact) mass is 408 g/mol. The Morgan fingerprint density at radius 2 is 2.07 bits per heavy atom. The van der Waals surface area contributed by atoms with Crippen molar-refractivity contribution in [2.75, 3.05) is 39.8 Å². The van der Waals surface area contributed by atoms with Crippen molar-refractivity contribution >= 4 is 12.1 Å². The Labute approximate surface area is 174 Å². The van der Waals surface area contributed by atoms with Crippen molar-refractivity contribution in [2.45, 2.75) is 52.2 Å². The third-order valence-electron chi connectivity index (χ3n) is 4.63. The van der Waals surface area contributed by atoms with E-state index in [9.17, 15) is 4.79 Å². The Balaban J connectivity index is 1.54. The second kappa shape index (κ2) is 11.7. The van der Waals surface area contributed by atoms with Gasteiger partial charge < -0.3 is 29.4 Å². The molecular weight excluding hydrogens is 372 g/mol. The molecular formula is C21H36N4O4. The van der Waals surface area contributed by atoms with Crippen LogP contribution in [-0.2, 0) is 16.1 Å². The normalized spacial score (nSPS) is 16.0. The summed E-state index contributed by atoms with van der Waals surface area (Å²) in [6.45, 7) is 9.95. The average molecular weight is 409 g/mol. The van der Waals surface area contributed by atoms with Crippen LogP contribution >= 0.6 is 0 Å². The predicted octanol–water partition coefficient (Wildman–Crippen LogP) is 3.00. The Hall–Kier alpha value is -2.22. The van der Waals surface area contributed by atoms with Crippen molar-refractivity contribution in [3.63, 3.8) is 0 Å². The fraction of sp³-hybridized carbons (Fsp3) is 0.714. The van der Waals surface area contributed by atoms with E-state index >= 15 is 0 Å². The summed E-state index contributed by atoms with van der Waals surface area (Å²) in [5.74, 6) is 2.16. The van der Waals surface area contributed by atoms with E-state index in [1.54, 1.807) is 18.2 Å².